The van der Waals surface area contributed by atoms with E-state index in [9.17, 15) is 0 Å². The molecule has 1 nitrogen and oxygen atoms in total. The number of hydrogen-bond donors (Lipinski definition) is 0. The van der Waals surface area contributed by atoms with E-state index >= 15 is 0 Å². The molecule has 0 aliphatic rings. The van der Waals surface area contributed by atoms with E-state index in [2.05, 4.69) is 43.8 Å². The standard InChI is InChI=1S/C33H62N/c1-4-7-10-13-16-19-22-25-29-34-30-28-32(26-23-20-17-14-11-8-5-2)33(31-34)27-24-21-18-15-12-9-6-3/h28,30-31H,4-27,29H2,1-3H3/q+1. The fourth-order valence-electron chi connectivity index (χ4n) is 5.20. The van der Waals surface area contributed by atoms with Gasteiger partial charge in [-0.2, -0.15) is 0 Å². The lowest BCUT2D eigenvalue weighted by atomic mass is 9.97. The van der Waals surface area contributed by atoms with Crippen molar-refractivity contribution in [2.24, 2.45) is 0 Å². The second kappa shape index (κ2) is 23.9. The monoisotopic (exact) mass is 472 g/mol. The molecule has 0 N–H and O–H groups in total. The van der Waals surface area contributed by atoms with Crippen LogP contribution in [-0.4, -0.2) is 0 Å². The van der Waals surface area contributed by atoms with Crippen LogP contribution in [0.25, 0.3) is 0 Å². The van der Waals surface area contributed by atoms with E-state index in [1.807, 2.05) is 0 Å². The Kier molecular flexibility index (Phi) is 21.9. The van der Waals surface area contributed by atoms with Crippen molar-refractivity contribution in [1.29, 1.82) is 0 Å². The van der Waals surface area contributed by atoms with Gasteiger partial charge in [0.2, 0.25) is 0 Å². The van der Waals surface area contributed by atoms with Gasteiger partial charge in [0.15, 0.2) is 12.4 Å². The van der Waals surface area contributed by atoms with Crippen LogP contribution in [0.2, 0.25) is 0 Å². The zero-order valence-electron chi connectivity index (χ0n) is 23.9. The van der Waals surface area contributed by atoms with Gasteiger partial charge in [-0.1, -0.05) is 136 Å². The van der Waals surface area contributed by atoms with E-state index in [1.165, 1.54) is 161 Å². The topological polar surface area (TPSA) is 3.88 Å². The zero-order chi connectivity index (χ0) is 24.5. The fourth-order valence-corrected chi connectivity index (χ4v) is 5.20. The summed E-state index contributed by atoms with van der Waals surface area (Å²) in [5.74, 6) is 0. The van der Waals surface area contributed by atoms with Crippen LogP contribution in [0.1, 0.15) is 173 Å². The van der Waals surface area contributed by atoms with Crippen LogP contribution < -0.4 is 4.57 Å². The van der Waals surface area contributed by atoms with Crippen LogP contribution in [-0.2, 0) is 19.4 Å². The molecule has 0 atom stereocenters. The number of pyridine rings is 1. The Morgan fingerprint density at radius 3 is 1.29 bits per heavy atom. The number of hydrogen-bond acceptors (Lipinski definition) is 0. The first-order valence-corrected chi connectivity index (χ1v) is 15.8. The van der Waals surface area contributed by atoms with E-state index in [1.54, 1.807) is 11.1 Å². The van der Waals surface area contributed by atoms with Gasteiger partial charge < -0.3 is 0 Å². The van der Waals surface area contributed by atoms with Crippen LogP contribution in [0.15, 0.2) is 18.5 Å². The molecule has 0 amide bonds. The summed E-state index contributed by atoms with van der Waals surface area (Å²) in [7, 11) is 0. The molecule has 198 valence electrons. The second-order valence-electron chi connectivity index (χ2n) is 11.0. The van der Waals surface area contributed by atoms with Gasteiger partial charge in [0.05, 0.1) is 0 Å². The molecule has 0 radical (unpaired) electrons. The zero-order valence-corrected chi connectivity index (χ0v) is 23.9. The van der Waals surface area contributed by atoms with Gasteiger partial charge in [-0.3, -0.25) is 0 Å². The smallest absolute Gasteiger partial charge is 0.172 e. The summed E-state index contributed by atoms with van der Waals surface area (Å²) >= 11 is 0. The third-order valence-corrected chi connectivity index (χ3v) is 7.57. The Bertz CT molecular complexity index is 549. The minimum atomic E-state index is 1.21. The molecule has 1 heteroatoms. The average Bonchev–Trinajstić information content (AvgIpc) is 2.85. The number of aromatic nitrogens is 1. The fraction of sp³-hybridized carbons (Fsp3) is 0.848. The predicted octanol–water partition coefficient (Wildman–Crippen LogP) is 10.7. The van der Waals surface area contributed by atoms with E-state index < -0.39 is 0 Å². The Labute approximate surface area is 215 Å². The number of rotatable bonds is 25. The Morgan fingerprint density at radius 1 is 0.441 bits per heavy atom. The summed E-state index contributed by atoms with van der Waals surface area (Å²) in [4.78, 5) is 0. The molecule has 0 fully saturated rings. The maximum absolute atomic E-state index is 2.52. The summed E-state index contributed by atoms with van der Waals surface area (Å²) < 4.78 is 2.50. The van der Waals surface area contributed by atoms with E-state index in [-0.39, 0.29) is 0 Å². The van der Waals surface area contributed by atoms with Gasteiger partial charge >= 0.3 is 0 Å². The maximum Gasteiger partial charge on any atom is 0.172 e. The first kappa shape index (κ1) is 31.2. The van der Waals surface area contributed by atoms with Crippen LogP contribution in [0, 0.1) is 0 Å². The largest absolute Gasteiger partial charge is 0.205 e. The second-order valence-corrected chi connectivity index (χ2v) is 11.0. The van der Waals surface area contributed by atoms with Crippen LogP contribution in [0.5, 0.6) is 0 Å². The third-order valence-electron chi connectivity index (χ3n) is 7.57. The van der Waals surface area contributed by atoms with E-state index in [4.69, 9.17) is 0 Å². The minimum absolute atomic E-state index is 1.21. The summed E-state index contributed by atoms with van der Waals surface area (Å²) in [6, 6.07) is 2.47. The first-order chi connectivity index (χ1) is 16.8. The lowest BCUT2D eigenvalue weighted by molar-refractivity contribution is -0.697. The molecule has 0 saturated carbocycles. The summed E-state index contributed by atoms with van der Waals surface area (Å²) in [6.45, 7) is 8.13. The van der Waals surface area contributed by atoms with Gasteiger partial charge in [0, 0.05) is 18.1 Å². The van der Waals surface area contributed by atoms with Crippen molar-refractivity contribution in [2.45, 2.75) is 181 Å². The minimum Gasteiger partial charge on any atom is -0.205 e. The molecule has 0 aliphatic carbocycles. The molecule has 0 saturated heterocycles. The van der Waals surface area contributed by atoms with Crippen molar-refractivity contribution >= 4 is 0 Å². The molecule has 0 spiro atoms. The lowest BCUT2D eigenvalue weighted by Crippen LogP contribution is -2.34. The predicted molar refractivity (Wildman–Crippen MR) is 153 cm³/mol. The maximum atomic E-state index is 2.52. The van der Waals surface area contributed by atoms with Crippen molar-refractivity contribution in [2.75, 3.05) is 0 Å². The quantitative estimate of drug-likeness (QED) is 0.0983. The molecule has 34 heavy (non-hydrogen) atoms. The summed E-state index contributed by atoms with van der Waals surface area (Å²) in [5.41, 5.74) is 3.30. The number of aryl methyl sites for hydroxylation is 3. The van der Waals surface area contributed by atoms with Gasteiger partial charge in [-0.05, 0) is 37.7 Å². The molecule has 0 unspecified atom stereocenters. The molecule has 1 heterocycles. The number of nitrogens with zero attached hydrogens (tertiary/aromatic N) is 1. The highest BCUT2D eigenvalue weighted by Gasteiger charge is 2.10. The van der Waals surface area contributed by atoms with Crippen LogP contribution in [0.4, 0.5) is 0 Å². The van der Waals surface area contributed by atoms with Crippen molar-refractivity contribution in [3.05, 3.63) is 29.6 Å². The SMILES string of the molecule is CCCCCCCCCC[n+]1ccc(CCCCCCCCC)c(CCCCCCCCC)c1. The highest BCUT2D eigenvalue weighted by Crippen LogP contribution is 2.17. The van der Waals surface area contributed by atoms with Crippen molar-refractivity contribution in [3.63, 3.8) is 0 Å². The molecular formula is C33H62N+. The molecule has 0 aromatic carbocycles. The number of unbranched alkanes of at least 4 members (excludes halogenated alkanes) is 19. The van der Waals surface area contributed by atoms with Crippen molar-refractivity contribution in [1.82, 2.24) is 0 Å². The first-order valence-electron chi connectivity index (χ1n) is 15.8. The highest BCUT2D eigenvalue weighted by molar-refractivity contribution is 5.21. The molecule has 0 aliphatic heterocycles. The van der Waals surface area contributed by atoms with Crippen molar-refractivity contribution < 1.29 is 4.57 Å². The van der Waals surface area contributed by atoms with Gasteiger partial charge in [0.25, 0.3) is 0 Å². The Morgan fingerprint density at radius 2 is 0.824 bits per heavy atom. The Hall–Kier alpha value is -0.850. The van der Waals surface area contributed by atoms with Gasteiger partial charge in [0.1, 0.15) is 6.54 Å². The van der Waals surface area contributed by atoms with Gasteiger partial charge in [-0.25, -0.2) is 4.57 Å². The van der Waals surface area contributed by atoms with Crippen LogP contribution >= 0.6 is 0 Å². The Balaban J connectivity index is 2.42. The van der Waals surface area contributed by atoms with E-state index in [0.29, 0.717) is 0 Å². The molecule has 1 aromatic heterocycles. The third kappa shape index (κ3) is 17.6. The molecule has 1 aromatic rings. The summed E-state index contributed by atoms with van der Waals surface area (Å²) in [6.07, 6.45) is 38.4. The normalized spacial score (nSPS) is 11.4. The van der Waals surface area contributed by atoms with E-state index in [0.717, 1.165) is 0 Å². The van der Waals surface area contributed by atoms with Crippen molar-refractivity contribution in [3.8, 4) is 0 Å². The van der Waals surface area contributed by atoms with Gasteiger partial charge in [-0.15, -0.1) is 0 Å². The van der Waals surface area contributed by atoms with Crippen LogP contribution in [0.3, 0.4) is 0 Å². The summed E-state index contributed by atoms with van der Waals surface area (Å²) in [5, 5.41) is 0. The lowest BCUT2D eigenvalue weighted by Gasteiger charge is -2.10. The highest BCUT2D eigenvalue weighted by atomic mass is 14.9. The molecule has 1 rings (SSSR count). The molecule has 0 bridgehead atoms. The average molecular weight is 473 g/mol. The molecular weight excluding hydrogens is 410 g/mol.